The van der Waals surface area contributed by atoms with Gasteiger partial charge in [-0.25, -0.2) is 0 Å². The number of hydrogen-bond acceptors (Lipinski definition) is 4. The second kappa shape index (κ2) is 6.06. The van der Waals surface area contributed by atoms with Gasteiger partial charge in [-0.3, -0.25) is 14.5 Å². The van der Waals surface area contributed by atoms with Gasteiger partial charge < -0.3 is 10.2 Å². The molecule has 6 heteroatoms. The molecule has 22 heavy (non-hydrogen) atoms. The second-order valence-corrected chi connectivity index (χ2v) is 6.69. The summed E-state index contributed by atoms with van der Waals surface area (Å²) in [6, 6.07) is 9.09. The molecule has 0 spiro atoms. The minimum absolute atomic E-state index is 0.354. The molecule has 1 aliphatic rings. The topological polar surface area (TPSA) is 77.8 Å². The third-order valence-corrected chi connectivity index (χ3v) is 5.36. The first-order valence-electron chi connectivity index (χ1n) is 7.24. The maximum Gasteiger partial charge on any atom is 0.326 e. The standard InChI is InChI=1S/C16H17NO4S/c18-15(19)10-5-7-17(8-6-10)14(16(20)21)13-9-11-3-1-2-4-12(11)22-13/h1-4,9-10,14H,5-8H2,(H,18,19)(H,20,21). The zero-order chi connectivity index (χ0) is 15.7. The number of fused-ring (bicyclic) bond motifs is 1. The molecule has 3 rings (SSSR count). The molecule has 0 radical (unpaired) electrons. The molecule has 2 N–H and O–H groups in total. The number of carboxylic acids is 2. The highest BCUT2D eigenvalue weighted by Gasteiger charge is 2.33. The third kappa shape index (κ3) is 2.84. The lowest BCUT2D eigenvalue weighted by atomic mass is 9.95. The van der Waals surface area contributed by atoms with Crippen LogP contribution in [0.15, 0.2) is 30.3 Å². The molecule has 0 aliphatic carbocycles. The molecule has 1 aromatic heterocycles. The van der Waals surface area contributed by atoms with Crippen LogP contribution < -0.4 is 0 Å². The van der Waals surface area contributed by atoms with Crippen LogP contribution in [0.4, 0.5) is 0 Å². The zero-order valence-electron chi connectivity index (χ0n) is 11.9. The van der Waals surface area contributed by atoms with Gasteiger partial charge in [-0.15, -0.1) is 11.3 Å². The average molecular weight is 319 g/mol. The summed E-state index contributed by atoms with van der Waals surface area (Å²) in [5.74, 6) is -2.01. The highest BCUT2D eigenvalue weighted by Crippen LogP contribution is 2.34. The lowest BCUT2D eigenvalue weighted by Crippen LogP contribution is -2.41. The molecule has 0 amide bonds. The minimum Gasteiger partial charge on any atom is -0.481 e. The van der Waals surface area contributed by atoms with Crippen LogP contribution in [0.3, 0.4) is 0 Å². The lowest BCUT2D eigenvalue weighted by Gasteiger charge is -2.33. The summed E-state index contributed by atoms with van der Waals surface area (Å²) in [5, 5.41) is 19.7. The first kappa shape index (κ1) is 15.0. The average Bonchev–Trinajstić information content (AvgIpc) is 2.90. The van der Waals surface area contributed by atoms with Gasteiger partial charge in [0, 0.05) is 22.7 Å². The molecule has 1 aliphatic heterocycles. The van der Waals surface area contributed by atoms with E-state index in [1.165, 1.54) is 11.3 Å². The van der Waals surface area contributed by atoms with Gasteiger partial charge in [0.1, 0.15) is 6.04 Å². The third-order valence-electron chi connectivity index (χ3n) is 4.19. The van der Waals surface area contributed by atoms with E-state index >= 15 is 0 Å². The Morgan fingerprint density at radius 2 is 1.86 bits per heavy atom. The van der Waals surface area contributed by atoms with Gasteiger partial charge in [0.25, 0.3) is 0 Å². The Kier molecular flexibility index (Phi) is 4.13. The van der Waals surface area contributed by atoms with Crippen LogP contribution in [0.5, 0.6) is 0 Å². The SMILES string of the molecule is O=C(O)C1CCN(C(C(=O)O)c2cc3ccccc3s2)CC1. The van der Waals surface area contributed by atoms with Crippen molar-refractivity contribution in [2.75, 3.05) is 13.1 Å². The number of carbonyl (C=O) groups is 2. The molecule has 2 aromatic rings. The van der Waals surface area contributed by atoms with Crippen molar-refractivity contribution >= 4 is 33.4 Å². The fourth-order valence-corrected chi connectivity index (χ4v) is 4.19. The molecular formula is C16H17NO4S. The van der Waals surface area contributed by atoms with Gasteiger partial charge >= 0.3 is 11.9 Å². The van der Waals surface area contributed by atoms with Gasteiger partial charge in [0.05, 0.1) is 5.92 Å². The molecule has 1 fully saturated rings. The Balaban J connectivity index is 1.84. The van der Waals surface area contributed by atoms with Crippen molar-refractivity contribution in [1.82, 2.24) is 4.90 Å². The van der Waals surface area contributed by atoms with E-state index in [0.717, 1.165) is 15.0 Å². The van der Waals surface area contributed by atoms with E-state index in [9.17, 15) is 14.7 Å². The van der Waals surface area contributed by atoms with Crippen LogP contribution in [0.2, 0.25) is 0 Å². The molecule has 2 heterocycles. The summed E-state index contributed by atoms with van der Waals surface area (Å²) in [7, 11) is 0. The first-order valence-corrected chi connectivity index (χ1v) is 8.06. The number of thiophene rings is 1. The normalized spacial score (nSPS) is 18.4. The van der Waals surface area contributed by atoms with Crippen molar-refractivity contribution < 1.29 is 19.8 Å². The Morgan fingerprint density at radius 1 is 1.18 bits per heavy atom. The quantitative estimate of drug-likeness (QED) is 0.906. The molecule has 1 atom stereocenters. The summed E-state index contributed by atoms with van der Waals surface area (Å²) >= 11 is 1.50. The van der Waals surface area contributed by atoms with E-state index in [0.29, 0.717) is 25.9 Å². The number of nitrogens with zero attached hydrogens (tertiary/aromatic N) is 1. The number of piperidine rings is 1. The van der Waals surface area contributed by atoms with Crippen molar-refractivity contribution in [2.24, 2.45) is 5.92 Å². The van der Waals surface area contributed by atoms with Crippen LogP contribution in [-0.2, 0) is 9.59 Å². The van der Waals surface area contributed by atoms with Crippen molar-refractivity contribution in [3.05, 3.63) is 35.2 Å². The predicted octanol–water partition coefficient (Wildman–Crippen LogP) is 2.82. The number of rotatable bonds is 4. The number of benzene rings is 1. The summed E-state index contributed by atoms with van der Waals surface area (Å²) in [6.07, 6.45) is 1.01. The van der Waals surface area contributed by atoms with Crippen LogP contribution in [0.1, 0.15) is 23.8 Å². The van der Waals surface area contributed by atoms with E-state index in [1.807, 2.05) is 35.2 Å². The Labute approximate surface area is 131 Å². The number of likely N-dealkylation sites (tertiary alicyclic amines) is 1. The smallest absolute Gasteiger partial charge is 0.326 e. The van der Waals surface area contributed by atoms with Crippen LogP contribution in [-0.4, -0.2) is 40.1 Å². The van der Waals surface area contributed by atoms with Crippen LogP contribution in [0.25, 0.3) is 10.1 Å². The lowest BCUT2D eigenvalue weighted by molar-refractivity contribution is -0.146. The minimum atomic E-state index is -0.875. The van der Waals surface area contributed by atoms with Gasteiger partial charge in [0.15, 0.2) is 0 Å². The molecular weight excluding hydrogens is 302 g/mol. The fourth-order valence-electron chi connectivity index (χ4n) is 3.00. The largest absolute Gasteiger partial charge is 0.481 e. The monoisotopic (exact) mass is 319 g/mol. The fraction of sp³-hybridized carbons (Fsp3) is 0.375. The first-order chi connectivity index (χ1) is 10.6. The maximum atomic E-state index is 11.7. The van der Waals surface area contributed by atoms with E-state index in [2.05, 4.69) is 0 Å². The predicted molar refractivity (Wildman–Crippen MR) is 84.1 cm³/mol. The van der Waals surface area contributed by atoms with E-state index in [1.54, 1.807) is 0 Å². The Hall–Kier alpha value is -1.92. The molecule has 0 saturated carbocycles. The Morgan fingerprint density at radius 3 is 2.45 bits per heavy atom. The van der Waals surface area contributed by atoms with Crippen molar-refractivity contribution in [2.45, 2.75) is 18.9 Å². The van der Waals surface area contributed by atoms with Gasteiger partial charge in [-0.05, 0) is 30.4 Å². The summed E-state index contributed by atoms with van der Waals surface area (Å²) in [5.41, 5.74) is 0. The molecule has 5 nitrogen and oxygen atoms in total. The zero-order valence-corrected chi connectivity index (χ0v) is 12.8. The van der Waals surface area contributed by atoms with E-state index in [-0.39, 0.29) is 5.92 Å². The summed E-state index contributed by atoms with van der Waals surface area (Å²) < 4.78 is 1.07. The van der Waals surface area contributed by atoms with Gasteiger partial charge in [-0.1, -0.05) is 18.2 Å². The van der Waals surface area contributed by atoms with Gasteiger partial charge in [-0.2, -0.15) is 0 Å². The van der Waals surface area contributed by atoms with Gasteiger partial charge in [0.2, 0.25) is 0 Å². The number of carboxylic acid groups (broad SMARTS) is 2. The molecule has 0 bridgehead atoms. The van der Waals surface area contributed by atoms with Crippen molar-refractivity contribution in [3.63, 3.8) is 0 Å². The van der Waals surface area contributed by atoms with Crippen molar-refractivity contribution in [3.8, 4) is 0 Å². The molecule has 1 aromatic carbocycles. The number of hydrogen-bond donors (Lipinski definition) is 2. The highest BCUT2D eigenvalue weighted by molar-refractivity contribution is 7.19. The maximum absolute atomic E-state index is 11.7. The van der Waals surface area contributed by atoms with E-state index < -0.39 is 18.0 Å². The Bertz CT molecular complexity index is 670. The highest BCUT2D eigenvalue weighted by atomic mass is 32.1. The summed E-state index contributed by atoms with van der Waals surface area (Å²) in [4.78, 5) is 25.4. The van der Waals surface area contributed by atoms with Crippen molar-refractivity contribution in [1.29, 1.82) is 0 Å². The van der Waals surface area contributed by atoms with E-state index in [4.69, 9.17) is 5.11 Å². The molecule has 1 unspecified atom stereocenters. The van der Waals surface area contributed by atoms with Crippen LogP contribution >= 0.6 is 11.3 Å². The summed E-state index contributed by atoms with van der Waals surface area (Å²) in [6.45, 7) is 1.00. The number of aliphatic carboxylic acids is 2. The molecule has 1 saturated heterocycles. The van der Waals surface area contributed by atoms with Crippen LogP contribution in [0, 0.1) is 5.92 Å². The molecule has 116 valence electrons. The second-order valence-electron chi connectivity index (χ2n) is 5.58.